The van der Waals surface area contributed by atoms with Crippen LogP contribution in [0.4, 0.5) is 14.8 Å². The Kier molecular flexibility index (Phi) is 7.92. The van der Waals surface area contributed by atoms with E-state index in [9.17, 15) is 23.5 Å². The van der Waals surface area contributed by atoms with Crippen LogP contribution in [0.5, 0.6) is 0 Å². The number of amides is 2. The SMILES string of the molecule is C[C@@H](OCC1CCC(F)(F)CC1)[C@H](NC(=O)[C@@H]1CN(C(=O)c2cncs2)CC12CN(c1ncco1)C2)C(C)(C)O. The molecule has 10 nitrogen and oxygen atoms in total. The zero-order valence-corrected chi connectivity index (χ0v) is 23.8. The monoisotopic (exact) mass is 581 g/mol. The number of thiazole rings is 1. The highest BCUT2D eigenvalue weighted by atomic mass is 32.1. The Labute approximate surface area is 236 Å². The number of aromatic nitrogens is 2. The number of carbonyl (C=O) groups excluding carboxylic acids is 2. The summed E-state index contributed by atoms with van der Waals surface area (Å²) in [5, 5.41) is 14.0. The van der Waals surface area contributed by atoms with E-state index in [0.29, 0.717) is 43.4 Å². The second-order valence-electron chi connectivity index (χ2n) is 12.1. The van der Waals surface area contributed by atoms with Crippen molar-refractivity contribution < 1.29 is 32.6 Å². The van der Waals surface area contributed by atoms with Crippen LogP contribution in [0, 0.1) is 17.3 Å². The minimum absolute atomic E-state index is 0.0146. The lowest BCUT2D eigenvalue weighted by Crippen LogP contribution is -2.65. The van der Waals surface area contributed by atoms with E-state index in [2.05, 4.69) is 15.3 Å². The van der Waals surface area contributed by atoms with Crippen LogP contribution in [-0.4, -0.2) is 88.2 Å². The van der Waals surface area contributed by atoms with Crippen molar-refractivity contribution in [1.29, 1.82) is 0 Å². The summed E-state index contributed by atoms with van der Waals surface area (Å²) in [4.78, 5) is 39.4. The smallest absolute Gasteiger partial charge is 0.297 e. The maximum absolute atomic E-state index is 13.9. The topological polar surface area (TPSA) is 121 Å². The zero-order valence-electron chi connectivity index (χ0n) is 23.0. The van der Waals surface area contributed by atoms with Crippen LogP contribution in [0.3, 0.4) is 0 Å². The average molecular weight is 582 g/mol. The van der Waals surface area contributed by atoms with Gasteiger partial charge in [-0.15, -0.1) is 11.3 Å². The maximum atomic E-state index is 13.9. The molecule has 0 bridgehead atoms. The van der Waals surface area contributed by atoms with E-state index in [1.807, 2.05) is 4.90 Å². The molecule has 3 atom stereocenters. The molecule has 2 N–H and O–H groups in total. The summed E-state index contributed by atoms with van der Waals surface area (Å²) in [6, 6.07) is -0.287. The molecule has 5 rings (SSSR count). The molecule has 0 aromatic carbocycles. The number of anilines is 1. The van der Waals surface area contributed by atoms with Crippen LogP contribution in [0.1, 0.15) is 56.1 Å². The van der Waals surface area contributed by atoms with Crippen molar-refractivity contribution in [2.75, 3.05) is 37.7 Å². The first-order valence-corrected chi connectivity index (χ1v) is 14.6. The van der Waals surface area contributed by atoms with Gasteiger partial charge in [-0.1, -0.05) is 0 Å². The molecular weight excluding hydrogens is 544 g/mol. The van der Waals surface area contributed by atoms with Crippen LogP contribution in [0.25, 0.3) is 0 Å². The Bertz CT molecular complexity index is 1160. The van der Waals surface area contributed by atoms with Crippen molar-refractivity contribution in [2.45, 2.75) is 70.1 Å². The van der Waals surface area contributed by atoms with E-state index in [-0.39, 0.29) is 43.7 Å². The summed E-state index contributed by atoms with van der Waals surface area (Å²) in [6.45, 7) is 6.88. The molecular formula is C27H37F2N5O5S. The van der Waals surface area contributed by atoms with Gasteiger partial charge in [0.15, 0.2) is 0 Å². The quantitative estimate of drug-likeness (QED) is 0.463. The predicted octanol–water partition coefficient (Wildman–Crippen LogP) is 3.20. The summed E-state index contributed by atoms with van der Waals surface area (Å²) in [6.07, 6.45) is 4.49. The normalized spacial score (nSPS) is 24.1. The molecule has 4 heterocycles. The standard InChI is InChI=1S/C27H37F2N5O5S/c1-17(39-12-18-4-6-27(28,29)7-5-18)21(25(2,3)37)32-22(35)19-11-33(23(36)20-10-30-16-40-20)13-26(19)14-34(15-26)24-31-8-9-38-24/h8-10,16-19,21,37H,4-7,11-15H2,1-3H3,(H,32,35)/t17-,19+,21+/m1/s1. The Morgan fingerprint density at radius 2 is 2.02 bits per heavy atom. The molecule has 2 aromatic rings. The Morgan fingerprint density at radius 1 is 1.30 bits per heavy atom. The fourth-order valence-electron chi connectivity index (χ4n) is 6.28. The van der Waals surface area contributed by atoms with Gasteiger partial charge in [-0.05, 0) is 39.5 Å². The molecule has 40 heavy (non-hydrogen) atoms. The zero-order chi connectivity index (χ0) is 28.7. The average Bonchev–Trinajstić information content (AvgIpc) is 3.64. The van der Waals surface area contributed by atoms with Crippen molar-refractivity contribution in [3.63, 3.8) is 0 Å². The fourth-order valence-corrected chi connectivity index (χ4v) is 6.86. The number of halogens is 2. The summed E-state index contributed by atoms with van der Waals surface area (Å²) in [5.41, 5.74) is -0.228. The van der Waals surface area contributed by atoms with Gasteiger partial charge in [-0.2, -0.15) is 0 Å². The molecule has 1 aliphatic carbocycles. The molecule has 2 amide bonds. The van der Waals surface area contributed by atoms with Gasteiger partial charge in [-0.3, -0.25) is 14.6 Å². The van der Waals surface area contributed by atoms with Crippen LogP contribution in [0.2, 0.25) is 0 Å². The highest BCUT2D eigenvalue weighted by Gasteiger charge is 2.59. The van der Waals surface area contributed by atoms with Crippen LogP contribution in [-0.2, 0) is 9.53 Å². The lowest BCUT2D eigenvalue weighted by Gasteiger charge is -2.50. The van der Waals surface area contributed by atoms with Gasteiger partial charge >= 0.3 is 0 Å². The second kappa shape index (κ2) is 11.0. The number of likely N-dealkylation sites (tertiary alicyclic amines) is 1. The van der Waals surface area contributed by atoms with Crippen LogP contribution >= 0.6 is 11.3 Å². The number of nitrogens with zero attached hydrogens (tertiary/aromatic N) is 4. The summed E-state index contributed by atoms with van der Waals surface area (Å²) >= 11 is 1.26. The van der Waals surface area contributed by atoms with Gasteiger partial charge in [0.05, 0.1) is 41.6 Å². The molecule has 3 aliphatic rings. The number of ether oxygens (including phenoxy) is 1. The molecule has 220 valence electrons. The highest BCUT2D eigenvalue weighted by molar-refractivity contribution is 7.11. The van der Waals surface area contributed by atoms with E-state index < -0.39 is 35.0 Å². The highest BCUT2D eigenvalue weighted by Crippen LogP contribution is 2.46. The molecule has 0 unspecified atom stereocenters. The molecule has 0 radical (unpaired) electrons. The Hall–Kier alpha value is -2.64. The number of aliphatic hydroxyl groups is 1. The van der Waals surface area contributed by atoms with Crippen LogP contribution < -0.4 is 10.2 Å². The molecule has 2 aliphatic heterocycles. The largest absolute Gasteiger partial charge is 0.432 e. The first-order chi connectivity index (χ1) is 18.9. The molecule has 1 spiro atoms. The molecule has 2 aromatic heterocycles. The third kappa shape index (κ3) is 6.01. The molecule has 2 saturated heterocycles. The summed E-state index contributed by atoms with van der Waals surface area (Å²) in [5.74, 6) is -3.57. The summed E-state index contributed by atoms with van der Waals surface area (Å²) in [7, 11) is 0. The van der Waals surface area contributed by atoms with Crippen molar-refractivity contribution in [1.82, 2.24) is 20.2 Å². The van der Waals surface area contributed by atoms with Crippen molar-refractivity contribution >= 4 is 29.2 Å². The van der Waals surface area contributed by atoms with E-state index in [1.54, 1.807) is 37.4 Å². The number of hydrogen-bond acceptors (Lipinski definition) is 9. The summed E-state index contributed by atoms with van der Waals surface area (Å²) < 4.78 is 38.6. The van der Waals surface area contributed by atoms with Gasteiger partial charge in [0.2, 0.25) is 11.8 Å². The second-order valence-corrected chi connectivity index (χ2v) is 13.0. The Morgan fingerprint density at radius 3 is 2.62 bits per heavy atom. The lowest BCUT2D eigenvalue weighted by molar-refractivity contribution is -0.134. The van der Waals surface area contributed by atoms with Crippen molar-refractivity contribution in [3.8, 4) is 0 Å². The van der Waals surface area contributed by atoms with Crippen molar-refractivity contribution in [2.24, 2.45) is 17.3 Å². The van der Waals surface area contributed by atoms with Crippen molar-refractivity contribution in [3.05, 3.63) is 29.0 Å². The van der Waals surface area contributed by atoms with Gasteiger partial charge in [-0.25, -0.2) is 13.8 Å². The molecule has 13 heteroatoms. The van der Waals surface area contributed by atoms with Gasteiger partial charge < -0.3 is 29.4 Å². The molecule has 1 saturated carbocycles. The number of carbonyl (C=O) groups is 2. The minimum atomic E-state index is -2.61. The Balaban J connectivity index is 1.27. The molecule has 3 fully saturated rings. The predicted molar refractivity (Wildman–Crippen MR) is 143 cm³/mol. The number of nitrogens with one attached hydrogen (secondary N) is 1. The van der Waals surface area contributed by atoms with E-state index in [0.717, 1.165) is 0 Å². The minimum Gasteiger partial charge on any atom is -0.432 e. The number of alkyl halides is 2. The first kappa shape index (κ1) is 28.9. The number of rotatable bonds is 9. The first-order valence-electron chi connectivity index (χ1n) is 13.7. The third-order valence-corrected chi connectivity index (χ3v) is 9.32. The lowest BCUT2D eigenvalue weighted by atomic mass is 9.71. The van der Waals surface area contributed by atoms with Crippen LogP contribution in [0.15, 0.2) is 28.6 Å². The van der Waals surface area contributed by atoms with Gasteiger partial charge in [0.1, 0.15) is 11.1 Å². The van der Waals surface area contributed by atoms with E-state index in [1.165, 1.54) is 23.8 Å². The number of hydrogen-bond donors (Lipinski definition) is 2. The van der Waals surface area contributed by atoms with Gasteiger partial charge in [0, 0.05) is 51.0 Å². The third-order valence-electron chi connectivity index (χ3n) is 8.56. The van der Waals surface area contributed by atoms with E-state index in [4.69, 9.17) is 9.15 Å². The maximum Gasteiger partial charge on any atom is 0.297 e. The van der Waals surface area contributed by atoms with Gasteiger partial charge in [0.25, 0.3) is 11.9 Å². The number of oxazole rings is 1. The fraction of sp³-hybridized carbons (Fsp3) is 0.704. The van der Waals surface area contributed by atoms with E-state index >= 15 is 0 Å².